The van der Waals surface area contributed by atoms with Gasteiger partial charge in [-0.3, -0.25) is 0 Å². The molecule has 1 aromatic rings. The van der Waals surface area contributed by atoms with Gasteiger partial charge in [-0.2, -0.15) is 0 Å². The highest BCUT2D eigenvalue weighted by Crippen LogP contribution is 2.30. The lowest BCUT2D eigenvalue weighted by molar-refractivity contribution is 0.163. The van der Waals surface area contributed by atoms with E-state index in [4.69, 9.17) is 0 Å². The summed E-state index contributed by atoms with van der Waals surface area (Å²) in [5, 5.41) is 10.3. The third-order valence-corrected chi connectivity index (χ3v) is 4.17. The second kappa shape index (κ2) is 6.95. The molecule has 2 heteroatoms. The summed E-state index contributed by atoms with van der Waals surface area (Å²) in [5.41, 5.74) is 3.84. The Morgan fingerprint density at radius 1 is 1.26 bits per heavy atom. The number of fused-ring (bicyclic) bond motifs is 1. The van der Waals surface area contributed by atoms with Crippen LogP contribution in [0.25, 0.3) is 0 Å². The summed E-state index contributed by atoms with van der Waals surface area (Å²) in [6.45, 7) is 3.36. The first-order valence-electron chi connectivity index (χ1n) is 7.74. The fourth-order valence-electron chi connectivity index (χ4n) is 2.94. The molecule has 1 atom stereocenters. The van der Waals surface area contributed by atoms with Crippen molar-refractivity contribution in [2.75, 3.05) is 18.5 Å². The lowest BCUT2D eigenvalue weighted by Gasteiger charge is -2.28. The Labute approximate surface area is 117 Å². The Balaban J connectivity index is 1.97. The zero-order chi connectivity index (χ0) is 13.7. The van der Waals surface area contributed by atoms with Crippen molar-refractivity contribution in [2.24, 2.45) is 0 Å². The second-order valence-electron chi connectivity index (χ2n) is 5.78. The zero-order valence-corrected chi connectivity index (χ0v) is 12.4. The summed E-state index contributed by atoms with van der Waals surface area (Å²) in [7, 11) is 2.15. The Bertz CT molecular complexity index is 402. The van der Waals surface area contributed by atoms with Gasteiger partial charge in [-0.05, 0) is 36.5 Å². The Kier molecular flexibility index (Phi) is 5.26. The van der Waals surface area contributed by atoms with E-state index in [0.717, 1.165) is 31.4 Å². The number of rotatable bonds is 6. The van der Waals surface area contributed by atoms with Gasteiger partial charge in [0.05, 0.1) is 6.10 Å². The van der Waals surface area contributed by atoms with Crippen LogP contribution in [-0.2, 0) is 6.42 Å². The first-order chi connectivity index (χ1) is 9.22. The molecule has 1 unspecified atom stereocenters. The van der Waals surface area contributed by atoms with E-state index in [-0.39, 0.29) is 6.10 Å². The van der Waals surface area contributed by atoms with Crippen molar-refractivity contribution < 1.29 is 5.11 Å². The molecule has 0 bridgehead atoms. The van der Waals surface area contributed by atoms with Gasteiger partial charge in [0.1, 0.15) is 0 Å². The van der Waals surface area contributed by atoms with Crippen molar-refractivity contribution in [1.29, 1.82) is 0 Å². The van der Waals surface area contributed by atoms with Crippen LogP contribution in [-0.4, -0.2) is 18.7 Å². The number of aryl methyl sites for hydroxylation is 1. The van der Waals surface area contributed by atoms with E-state index in [1.54, 1.807) is 0 Å². The standard InChI is InChI=1S/C17H27NO/c1-3-4-5-6-9-17(19)15-10-11-16-14(13-15)8-7-12-18(16)2/h10-11,13,17,19H,3-9,12H2,1-2H3. The number of aliphatic hydroxyl groups excluding tert-OH is 1. The minimum atomic E-state index is -0.283. The van der Waals surface area contributed by atoms with Gasteiger partial charge < -0.3 is 10.0 Å². The molecule has 106 valence electrons. The summed E-state index contributed by atoms with van der Waals surface area (Å²) in [6.07, 6.45) is 7.88. The number of hydrogen-bond acceptors (Lipinski definition) is 2. The highest BCUT2D eigenvalue weighted by molar-refractivity contribution is 5.56. The molecule has 0 amide bonds. The van der Waals surface area contributed by atoms with Gasteiger partial charge in [-0.15, -0.1) is 0 Å². The number of anilines is 1. The van der Waals surface area contributed by atoms with E-state index >= 15 is 0 Å². The highest BCUT2D eigenvalue weighted by Gasteiger charge is 2.16. The Morgan fingerprint density at radius 2 is 2.11 bits per heavy atom. The number of benzene rings is 1. The van der Waals surface area contributed by atoms with E-state index in [0.29, 0.717) is 0 Å². The number of aliphatic hydroxyl groups is 1. The predicted octanol–water partition coefficient (Wildman–Crippen LogP) is 4.07. The van der Waals surface area contributed by atoms with Crippen LogP contribution in [0.5, 0.6) is 0 Å². The summed E-state index contributed by atoms with van der Waals surface area (Å²) in [6, 6.07) is 6.50. The zero-order valence-electron chi connectivity index (χ0n) is 12.4. The van der Waals surface area contributed by atoms with E-state index < -0.39 is 0 Å². The van der Waals surface area contributed by atoms with Gasteiger partial charge in [-0.25, -0.2) is 0 Å². The van der Waals surface area contributed by atoms with E-state index in [1.165, 1.54) is 36.9 Å². The maximum Gasteiger partial charge on any atom is 0.0790 e. The fraction of sp³-hybridized carbons (Fsp3) is 0.647. The van der Waals surface area contributed by atoms with Gasteiger partial charge in [0.15, 0.2) is 0 Å². The van der Waals surface area contributed by atoms with E-state index in [2.05, 4.69) is 37.1 Å². The van der Waals surface area contributed by atoms with Crippen LogP contribution < -0.4 is 4.90 Å². The lowest BCUT2D eigenvalue weighted by Crippen LogP contribution is -2.24. The van der Waals surface area contributed by atoms with E-state index in [1.807, 2.05) is 0 Å². The summed E-state index contributed by atoms with van der Waals surface area (Å²) < 4.78 is 0. The SMILES string of the molecule is CCCCCCC(O)c1ccc2c(c1)CCCN2C. The van der Waals surface area contributed by atoms with Gasteiger partial charge in [-0.1, -0.05) is 44.7 Å². The first-order valence-corrected chi connectivity index (χ1v) is 7.74. The molecule has 1 heterocycles. The van der Waals surface area contributed by atoms with Crippen LogP contribution in [0.1, 0.15) is 62.7 Å². The summed E-state index contributed by atoms with van der Waals surface area (Å²) in [4.78, 5) is 2.32. The molecule has 0 spiro atoms. The second-order valence-corrected chi connectivity index (χ2v) is 5.78. The quantitative estimate of drug-likeness (QED) is 0.780. The molecule has 2 rings (SSSR count). The molecule has 1 aliphatic rings. The van der Waals surface area contributed by atoms with Gasteiger partial charge >= 0.3 is 0 Å². The van der Waals surface area contributed by atoms with Gasteiger partial charge in [0.2, 0.25) is 0 Å². The van der Waals surface area contributed by atoms with Crippen molar-refractivity contribution in [1.82, 2.24) is 0 Å². The van der Waals surface area contributed by atoms with Gasteiger partial charge in [0, 0.05) is 19.3 Å². The van der Waals surface area contributed by atoms with Crippen LogP contribution in [0.15, 0.2) is 18.2 Å². The molecule has 0 aliphatic carbocycles. The molecule has 2 nitrogen and oxygen atoms in total. The van der Waals surface area contributed by atoms with Crippen molar-refractivity contribution in [2.45, 2.75) is 58.0 Å². The molecule has 1 aromatic carbocycles. The number of unbranched alkanes of at least 4 members (excludes halogenated alkanes) is 3. The molecule has 0 fully saturated rings. The smallest absolute Gasteiger partial charge is 0.0790 e. The maximum atomic E-state index is 10.3. The van der Waals surface area contributed by atoms with Crippen LogP contribution in [0.4, 0.5) is 5.69 Å². The maximum absolute atomic E-state index is 10.3. The summed E-state index contributed by atoms with van der Waals surface area (Å²) in [5.74, 6) is 0. The molecular weight excluding hydrogens is 234 g/mol. The molecular formula is C17H27NO. The van der Waals surface area contributed by atoms with Crippen LogP contribution in [0.3, 0.4) is 0 Å². The van der Waals surface area contributed by atoms with Crippen molar-refractivity contribution in [3.05, 3.63) is 29.3 Å². The largest absolute Gasteiger partial charge is 0.388 e. The summed E-state index contributed by atoms with van der Waals surface area (Å²) >= 11 is 0. The first kappa shape index (κ1) is 14.4. The monoisotopic (exact) mass is 261 g/mol. The third-order valence-electron chi connectivity index (χ3n) is 4.17. The van der Waals surface area contributed by atoms with Crippen LogP contribution in [0.2, 0.25) is 0 Å². The molecule has 1 N–H and O–H groups in total. The highest BCUT2D eigenvalue weighted by atomic mass is 16.3. The Hall–Kier alpha value is -1.02. The van der Waals surface area contributed by atoms with Crippen molar-refractivity contribution in [3.63, 3.8) is 0 Å². The van der Waals surface area contributed by atoms with E-state index in [9.17, 15) is 5.11 Å². The molecule has 0 radical (unpaired) electrons. The fourth-order valence-corrected chi connectivity index (χ4v) is 2.94. The van der Waals surface area contributed by atoms with Crippen LogP contribution in [0, 0.1) is 0 Å². The van der Waals surface area contributed by atoms with Crippen molar-refractivity contribution >= 4 is 5.69 Å². The molecule has 0 saturated carbocycles. The third kappa shape index (κ3) is 3.73. The number of hydrogen-bond donors (Lipinski definition) is 1. The Morgan fingerprint density at radius 3 is 2.89 bits per heavy atom. The van der Waals surface area contributed by atoms with Crippen molar-refractivity contribution in [3.8, 4) is 0 Å². The number of nitrogens with zero attached hydrogens (tertiary/aromatic N) is 1. The average molecular weight is 261 g/mol. The molecule has 19 heavy (non-hydrogen) atoms. The predicted molar refractivity (Wildman–Crippen MR) is 81.8 cm³/mol. The molecule has 0 aromatic heterocycles. The minimum Gasteiger partial charge on any atom is -0.388 e. The topological polar surface area (TPSA) is 23.5 Å². The van der Waals surface area contributed by atoms with Gasteiger partial charge in [0.25, 0.3) is 0 Å². The average Bonchev–Trinajstić information content (AvgIpc) is 2.43. The minimum absolute atomic E-state index is 0.283. The molecule has 1 aliphatic heterocycles. The molecule has 0 saturated heterocycles. The van der Waals surface area contributed by atoms with Crippen LogP contribution >= 0.6 is 0 Å². The normalized spacial score (nSPS) is 16.3. The lowest BCUT2D eigenvalue weighted by atomic mass is 9.95.